The second kappa shape index (κ2) is 6.71. The first kappa shape index (κ1) is 15.4. The molecule has 5 heteroatoms. The van der Waals surface area contributed by atoms with E-state index in [1.54, 1.807) is 17.5 Å². The van der Waals surface area contributed by atoms with Crippen molar-refractivity contribution in [2.75, 3.05) is 5.32 Å². The Morgan fingerprint density at radius 1 is 1.09 bits per heavy atom. The fraction of sp³-hybridized carbons (Fsp3) is 0.167. The summed E-state index contributed by atoms with van der Waals surface area (Å²) in [5, 5.41) is 5.80. The van der Waals surface area contributed by atoms with Crippen LogP contribution in [0.2, 0.25) is 0 Å². The highest BCUT2D eigenvalue weighted by atomic mass is 32.1. The summed E-state index contributed by atoms with van der Waals surface area (Å²) >= 11 is 1.57. The molecule has 0 saturated heterocycles. The highest BCUT2D eigenvalue weighted by molar-refractivity contribution is 7.13. The Hall–Kier alpha value is -2.53. The number of rotatable bonds is 4. The number of aromatic nitrogens is 2. The van der Waals surface area contributed by atoms with Crippen LogP contribution in [0.5, 0.6) is 0 Å². The molecule has 0 aliphatic heterocycles. The van der Waals surface area contributed by atoms with E-state index in [0.717, 1.165) is 27.6 Å². The minimum absolute atomic E-state index is 0.0175. The fourth-order valence-electron chi connectivity index (χ4n) is 2.02. The Bertz CT molecular complexity index is 795. The number of nitrogens with one attached hydrogen (secondary N) is 1. The first-order chi connectivity index (χ1) is 11.1. The van der Waals surface area contributed by atoms with Crippen molar-refractivity contribution in [1.29, 1.82) is 0 Å². The molecule has 0 atom stereocenters. The topological polar surface area (TPSA) is 54.9 Å². The van der Waals surface area contributed by atoms with Crippen LogP contribution in [0, 0.1) is 5.92 Å². The second-order valence-corrected chi connectivity index (χ2v) is 6.33. The lowest BCUT2D eigenvalue weighted by molar-refractivity contribution is -0.118. The number of thiazole rings is 1. The molecule has 0 unspecified atom stereocenters. The molecule has 1 aromatic carbocycles. The number of anilines is 1. The van der Waals surface area contributed by atoms with Crippen LogP contribution in [0.1, 0.15) is 13.8 Å². The third-order valence-electron chi connectivity index (χ3n) is 3.36. The van der Waals surface area contributed by atoms with E-state index in [-0.39, 0.29) is 11.8 Å². The highest BCUT2D eigenvalue weighted by Crippen LogP contribution is 2.28. The van der Waals surface area contributed by atoms with Gasteiger partial charge in [0.15, 0.2) is 0 Å². The van der Waals surface area contributed by atoms with Crippen molar-refractivity contribution in [1.82, 2.24) is 9.97 Å². The Morgan fingerprint density at radius 2 is 1.87 bits per heavy atom. The standard InChI is InChI=1S/C18H17N3OS/c1-12(2)17(22)20-14-8-6-13(7-9-14)16-11-23-18(21-16)15-5-3-4-10-19-15/h3-12H,1-2H3,(H,20,22). The van der Waals surface area contributed by atoms with E-state index in [0.29, 0.717) is 0 Å². The molecule has 116 valence electrons. The summed E-state index contributed by atoms with van der Waals surface area (Å²) in [7, 11) is 0. The maximum atomic E-state index is 11.7. The van der Waals surface area contributed by atoms with Gasteiger partial charge in [-0.2, -0.15) is 0 Å². The molecular weight excluding hydrogens is 306 g/mol. The lowest BCUT2D eigenvalue weighted by Gasteiger charge is -2.07. The molecule has 3 rings (SSSR count). The number of hydrogen-bond acceptors (Lipinski definition) is 4. The predicted octanol–water partition coefficient (Wildman–Crippen LogP) is 4.47. The number of hydrogen-bond donors (Lipinski definition) is 1. The van der Waals surface area contributed by atoms with Crippen molar-refractivity contribution in [2.45, 2.75) is 13.8 Å². The average molecular weight is 323 g/mol. The Labute approximate surface area is 139 Å². The van der Waals surface area contributed by atoms with Gasteiger partial charge in [0.2, 0.25) is 5.91 Å². The quantitative estimate of drug-likeness (QED) is 0.771. The molecule has 23 heavy (non-hydrogen) atoms. The third-order valence-corrected chi connectivity index (χ3v) is 4.23. The van der Waals surface area contributed by atoms with Crippen LogP contribution in [-0.4, -0.2) is 15.9 Å². The molecule has 0 bridgehead atoms. The minimum Gasteiger partial charge on any atom is -0.326 e. The van der Waals surface area contributed by atoms with E-state index in [9.17, 15) is 4.79 Å². The molecule has 1 amide bonds. The Balaban J connectivity index is 1.78. The molecule has 3 aromatic rings. The molecule has 0 aliphatic carbocycles. The smallest absolute Gasteiger partial charge is 0.226 e. The number of pyridine rings is 1. The summed E-state index contributed by atoms with van der Waals surface area (Å²) < 4.78 is 0. The Morgan fingerprint density at radius 3 is 2.52 bits per heavy atom. The molecule has 2 heterocycles. The first-order valence-electron chi connectivity index (χ1n) is 7.42. The van der Waals surface area contributed by atoms with Gasteiger partial charge in [0.25, 0.3) is 0 Å². The van der Waals surface area contributed by atoms with Gasteiger partial charge >= 0.3 is 0 Å². The van der Waals surface area contributed by atoms with Crippen molar-refractivity contribution in [3.05, 3.63) is 54.0 Å². The molecule has 1 N–H and O–H groups in total. The van der Waals surface area contributed by atoms with E-state index in [1.165, 1.54) is 0 Å². The van der Waals surface area contributed by atoms with Crippen LogP contribution >= 0.6 is 11.3 Å². The summed E-state index contributed by atoms with van der Waals surface area (Å²) in [5.41, 5.74) is 3.61. The van der Waals surface area contributed by atoms with Gasteiger partial charge in [-0.05, 0) is 24.3 Å². The molecule has 0 fully saturated rings. The van der Waals surface area contributed by atoms with E-state index in [2.05, 4.69) is 15.3 Å². The van der Waals surface area contributed by atoms with Crippen molar-refractivity contribution >= 4 is 22.9 Å². The number of carbonyl (C=O) groups is 1. The van der Waals surface area contributed by atoms with Crippen LogP contribution in [0.25, 0.3) is 22.0 Å². The Kier molecular flexibility index (Phi) is 4.48. The van der Waals surface area contributed by atoms with Gasteiger partial charge in [0.05, 0.1) is 11.4 Å². The maximum absolute atomic E-state index is 11.7. The zero-order valence-electron chi connectivity index (χ0n) is 13.0. The summed E-state index contributed by atoms with van der Waals surface area (Å²) in [6.45, 7) is 3.75. The largest absolute Gasteiger partial charge is 0.326 e. The lowest BCUT2D eigenvalue weighted by Crippen LogP contribution is -2.17. The van der Waals surface area contributed by atoms with Gasteiger partial charge < -0.3 is 5.32 Å². The first-order valence-corrected chi connectivity index (χ1v) is 8.29. The number of benzene rings is 1. The monoisotopic (exact) mass is 323 g/mol. The average Bonchev–Trinajstić information content (AvgIpc) is 3.06. The van der Waals surface area contributed by atoms with Gasteiger partial charge in [0, 0.05) is 28.7 Å². The number of amides is 1. The van der Waals surface area contributed by atoms with Gasteiger partial charge in [-0.25, -0.2) is 4.98 Å². The van der Waals surface area contributed by atoms with Crippen LogP contribution in [0.15, 0.2) is 54.0 Å². The normalized spacial score (nSPS) is 10.7. The van der Waals surface area contributed by atoms with Crippen molar-refractivity contribution in [3.8, 4) is 22.0 Å². The number of nitrogens with zero attached hydrogens (tertiary/aromatic N) is 2. The van der Waals surface area contributed by atoms with Gasteiger partial charge in [-0.3, -0.25) is 9.78 Å². The highest BCUT2D eigenvalue weighted by Gasteiger charge is 2.09. The van der Waals surface area contributed by atoms with Crippen molar-refractivity contribution in [3.63, 3.8) is 0 Å². The summed E-state index contributed by atoms with van der Waals surface area (Å²) in [6.07, 6.45) is 1.77. The summed E-state index contributed by atoms with van der Waals surface area (Å²) in [5.74, 6) is -0.0157. The van der Waals surface area contributed by atoms with E-state index in [1.807, 2.05) is 61.7 Å². The van der Waals surface area contributed by atoms with E-state index in [4.69, 9.17) is 0 Å². The molecule has 0 radical (unpaired) electrons. The SMILES string of the molecule is CC(C)C(=O)Nc1ccc(-c2csc(-c3ccccn3)n2)cc1. The zero-order valence-corrected chi connectivity index (χ0v) is 13.8. The second-order valence-electron chi connectivity index (χ2n) is 5.47. The van der Waals surface area contributed by atoms with E-state index >= 15 is 0 Å². The molecule has 0 spiro atoms. The van der Waals surface area contributed by atoms with Crippen molar-refractivity contribution in [2.24, 2.45) is 5.92 Å². The molecule has 4 nitrogen and oxygen atoms in total. The summed E-state index contributed by atoms with van der Waals surface area (Å²) in [4.78, 5) is 20.7. The minimum atomic E-state index is -0.0332. The maximum Gasteiger partial charge on any atom is 0.226 e. The van der Waals surface area contributed by atoms with Crippen LogP contribution in [-0.2, 0) is 4.79 Å². The predicted molar refractivity (Wildman–Crippen MR) is 94.2 cm³/mol. The zero-order chi connectivity index (χ0) is 16.2. The third kappa shape index (κ3) is 3.63. The van der Waals surface area contributed by atoms with Crippen LogP contribution in [0.3, 0.4) is 0 Å². The summed E-state index contributed by atoms with van der Waals surface area (Å²) in [6, 6.07) is 13.5. The number of carbonyl (C=O) groups excluding carboxylic acids is 1. The molecule has 2 aromatic heterocycles. The molecular formula is C18H17N3OS. The van der Waals surface area contributed by atoms with Crippen molar-refractivity contribution < 1.29 is 4.79 Å². The van der Waals surface area contributed by atoms with Crippen LogP contribution < -0.4 is 5.32 Å². The fourth-order valence-corrected chi connectivity index (χ4v) is 2.83. The molecule has 0 saturated carbocycles. The van der Waals surface area contributed by atoms with E-state index < -0.39 is 0 Å². The van der Waals surface area contributed by atoms with Gasteiger partial charge in [-0.15, -0.1) is 11.3 Å². The van der Waals surface area contributed by atoms with Crippen LogP contribution in [0.4, 0.5) is 5.69 Å². The van der Waals surface area contributed by atoms with Gasteiger partial charge in [-0.1, -0.05) is 32.0 Å². The molecule has 0 aliphatic rings. The lowest BCUT2D eigenvalue weighted by atomic mass is 10.1. The van der Waals surface area contributed by atoms with Gasteiger partial charge in [0.1, 0.15) is 5.01 Å².